The molecular weight excluding hydrogens is 244 g/mol. The molecule has 1 atom stereocenters. The average Bonchev–Trinajstić information content (AvgIpc) is 2.34. The second-order valence-corrected chi connectivity index (χ2v) is 3.72. The summed E-state index contributed by atoms with van der Waals surface area (Å²) in [4.78, 5) is 11.6. The zero-order chi connectivity index (χ0) is 13.7. The predicted molar refractivity (Wildman–Crippen MR) is 63.0 cm³/mol. The van der Waals surface area contributed by atoms with E-state index >= 15 is 0 Å². The molecule has 0 spiro atoms. The number of carbonyl (C=O) groups is 1. The Morgan fingerprint density at radius 1 is 1.44 bits per heavy atom. The third kappa shape index (κ3) is 3.38. The highest BCUT2D eigenvalue weighted by molar-refractivity contribution is 5.94. The van der Waals surface area contributed by atoms with E-state index in [1.165, 1.54) is 7.11 Å². The topological polar surface area (TPSA) is 76.4 Å². The van der Waals surface area contributed by atoms with Crippen molar-refractivity contribution >= 4 is 11.6 Å². The van der Waals surface area contributed by atoms with Crippen LogP contribution in [0.3, 0.4) is 0 Å². The number of hydrogen-bond acceptors (Lipinski definition) is 4. The molecule has 0 saturated heterocycles. The van der Waals surface area contributed by atoms with Crippen LogP contribution in [-0.4, -0.2) is 25.7 Å². The van der Waals surface area contributed by atoms with Gasteiger partial charge in [-0.3, -0.25) is 10.6 Å². The summed E-state index contributed by atoms with van der Waals surface area (Å²) in [6, 6.07) is 1.82. The summed E-state index contributed by atoms with van der Waals surface area (Å²) in [7, 11) is 1.50. The Hall–Kier alpha value is -1.73. The monoisotopic (exact) mass is 259 g/mol. The van der Waals surface area contributed by atoms with Crippen molar-refractivity contribution in [3.63, 3.8) is 0 Å². The minimum atomic E-state index is -0.928. The Labute approximate surface area is 103 Å². The van der Waals surface area contributed by atoms with Gasteiger partial charge in [0.25, 0.3) is 5.91 Å². The molecule has 7 heteroatoms. The minimum Gasteiger partial charge on any atom is -0.380 e. The fourth-order valence-electron chi connectivity index (χ4n) is 1.26. The van der Waals surface area contributed by atoms with Gasteiger partial charge in [-0.05, 0) is 19.1 Å². The normalized spacial score (nSPS) is 12.1. The van der Waals surface area contributed by atoms with Crippen molar-refractivity contribution in [3.8, 4) is 0 Å². The van der Waals surface area contributed by atoms with Crippen molar-refractivity contribution in [2.45, 2.75) is 13.0 Å². The lowest BCUT2D eigenvalue weighted by molar-refractivity contribution is 0.0869. The molecule has 0 aromatic heterocycles. The summed E-state index contributed by atoms with van der Waals surface area (Å²) < 4.78 is 31.6. The SMILES string of the molecule is COC(C)CNC(=O)c1cc(F)c(NN)c(F)c1. The lowest BCUT2D eigenvalue weighted by Crippen LogP contribution is -2.31. The van der Waals surface area contributed by atoms with Gasteiger partial charge in [0.15, 0.2) is 11.6 Å². The lowest BCUT2D eigenvalue weighted by Gasteiger charge is -2.11. The highest BCUT2D eigenvalue weighted by Gasteiger charge is 2.14. The quantitative estimate of drug-likeness (QED) is 0.545. The summed E-state index contributed by atoms with van der Waals surface area (Å²) in [6.45, 7) is 2.00. The molecule has 1 rings (SSSR count). The molecular formula is C11H15F2N3O2. The average molecular weight is 259 g/mol. The van der Waals surface area contributed by atoms with Crippen LogP contribution >= 0.6 is 0 Å². The molecule has 0 saturated carbocycles. The molecule has 4 N–H and O–H groups in total. The van der Waals surface area contributed by atoms with Crippen LogP contribution in [0.4, 0.5) is 14.5 Å². The van der Waals surface area contributed by atoms with Gasteiger partial charge in [0.05, 0.1) is 6.10 Å². The molecule has 1 amide bonds. The third-order valence-corrected chi connectivity index (χ3v) is 2.40. The maximum atomic E-state index is 13.3. The fraction of sp³-hybridized carbons (Fsp3) is 0.364. The van der Waals surface area contributed by atoms with E-state index in [1.54, 1.807) is 6.92 Å². The summed E-state index contributed by atoms with van der Waals surface area (Å²) in [6.07, 6.45) is -0.186. The van der Waals surface area contributed by atoms with Crippen LogP contribution in [0.5, 0.6) is 0 Å². The number of carbonyl (C=O) groups excluding carboxylic acids is 1. The number of amides is 1. The van der Waals surface area contributed by atoms with Crippen LogP contribution in [0.2, 0.25) is 0 Å². The molecule has 0 aliphatic rings. The predicted octanol–water partition coefficient (Wildman–Crippen LogP) is 1.02. The Bertz CT molecular complexity index is 417. The maximum absolute atomic E-state index is 13.3. The molecule has 0 fully saturated rings. The van der Waals surface area contributed by atoms with E-state index in [0.29, 0.717) is 0 Å². The Morgan fingerprint density at radius 2 is 2.00 bits per heavy atom. The smallest absolute Gasteiger partial charge is 0.251 e. The van der Waals surface area contributed by atoms with Gasteiger partial charge < -0.3 is 15.5 Å². The van der Waals surface area contributed by atoms with E-state index in [2.05, 4.69) is 5.32 Å². The molecule has 1 aromatic carbocycles. The zero-order valence-electron chi connectivity index (χ0n) is 10.1. The first kappa shape index (κ1) is 14.3. The minimum absolute atomic E-state index is 0.118. The Kier molecular flexibility index (Phi) is 4.99. The van der Waals surface area contributed by atoms with Crippen LogP contribution in [-0.2, 0) is 4.74 Å². The van der Waals surface area contributed by atoms with Gasteiger partial charge in [0, 0.05) is 19.2 Å². The number of hydrazine groups is 1. The number of benzene rings is 1. The van der Waals surface area contributed by atoms with Crippen LogP contribution in [0.1, 0.15) is 17.3 Å². The van der Waals surface area contributed by atoms with E-state index < -0.39 is 23.2 Å². The van der Waals surface area contributed by atoms with Crippen molar-refractivity contribution < 1.29 is 18.3 Å². The summed E-state index contributed by atoms with van der Waals surface area (Å²) in [5.41, 5.74) is 1.29. The first-order valence-corrected chi connectivity index (χ1v) is 5.26. The molecule has 0 bridgehead atoms. The van der Waals surface area contributed by atoms with E-state index in [-0.39, 0.29) is 18.2 Å². The molecule has 0 aliphatic carbocycles. The second kappa shape index (κ2) is 6.27. The van der Waals surface area contributed by atoms with Gasteiger partial charge in [-0.25, -0.2) is 8.78 Å². The van der Waals surface area contributed by atoms with Gasteiger partial charge in [-0.15, -0.1) is 0 Å². The van der Waals surface area contributed by atoms with Gasteiger partial charge in [-0.2, -0.15) is 0 Å². The Balaban J connectivity index is 2.81. The van der Waals surface area contributed by atoms with Crippen molar-refractivity contribution in [2.24, 2.45) is 5.84 Å². The van der Waals surface area contributed by atoms with Crippen LogP contribution in [0.15, 0.2) is 12.1 Å². The standard InChI is InChI=1S/C11H15F2N3O2/c1-6(18-2)5-15-11(17)7-3-8(12)10(16-14)9(13)4-7/h3-4,6,16H,5,14H2,1-2H3,(H,15,17). The number of halogens is 2. The third-order valence-electron chi connectivity index (χ3n) is 2.40. The van der Waals surface area contributed by atoms with Crippen LogP contribution in [0, 0.1) is 11.6 Å². The van der Waals surface area contributed by atoms with Crippen LogP contribution < -0.4 is 16.6 Å². The molecule has 100 valence electrons. The van der Waals surface area contributed by atoms with Crippen molar-refractivity contribution in [3.05, 3.63) is 29.3 Å². The van der Waals surface area contributed by atoms with Gasteiger partial charge in [0.1, 0.15) is 5.69 Å². The zero-order valence-corrected chi connectivity index (χ0v) is 10.1. The maximum Gasteiger partial charge on any atom is 0.251 e. The molecule has 0 heterocycles. The first-order valence-electron chi connectivity index (χ1n) is 5.26. The molecule has 1 aromatic rings. The van der Waals surface area contributed by atoms with E-state index in [4.69, 9.17) is 10.6 Å². The van der Waals surface area contributed by atoms with E-state index in [0.717, 1.165) is 12.1 Å². The summed E-state index contributed by atoms with van der Waals surface area (Å²) >= 11 is 0. The number of anilines is 1. The summed E-state index contributed by atoms with van der Waals surface area (Å²) in [5, 5.41) is 2.49. The number of nitrogens with two attached hydrogens (primary N) is 1. The number of nitrogen functional groups attached to an aromatic ring is 1. The number of nitrogens with one attached hydrogen (secondary N) is 2. The van der Waals surface area contributed by atoms with E-state index in [1.807, 2.05) is 5.43 Å². The molecule has 0 aliphatic heterocycles. The highest BCUT2D eigenvalue weighted by Crippen LogP contribution is 2.19. The molecule has 0 radical (unpaired) electrons. The van der Waals surface area contributed by atoms with Crippen LogP contribution in [0.25, 0.3) is 0 Å². The van der Waals surface area contributed by atoms with Crippen molar-refractivity contribution in [1.29, 1.82) is 0 Å². The second-order valence-electron chi connectivity index (χ2n) is 3.72. The molecule has 5 nitrogen and oxygen atoms in total. The molecule has 18 heavy (non-hydrogen) atoms. The molecule has 1 unspecified atom stereocenters. The first-order chi connectivity index (χ1) is 8.49. The fourth-order valence-corrected chi connectivity index (χ4v) is 1.26. The van der Waals surface area contributed by atoms with Gasteiger partial charge >= 0.3 is 0 Å². The summed E-state index contributed by atoms with van der Waals surface area (Å²) in [5.74, 6) is 2.51. The van der Waals surface area contributed by atoms with Crippen molar-refractivity contribution in [2.75, 3.05) is 19.1 Å². The number of rotatable bonds is 5. The number of ether oxygens (including phenoxy) is 1. The van der Waals surface area contributed by atoms with Gasteiger partial charge in [-0.1, -0.05) is 0 Å². The number of methoxy groups -OCH3 is 1. The largest absolute Gasteiger partial charge is 0.380 e. The Morgan fingerprint density at radius 3 is 2.44 bits per heavy atom. The van der Waals surface area contributed by atoms with Crippen molar-refractivity contribution in [1.82, 2.24) is 5.32 Å². The van der Waals surface area contributed by atoms with E-state index in [9.17, 15) is 13.6 Å². The number of hydrogen-bond donors (Lipinski definition) is 3. The van der Waals surface area contributed by atoms with Gasteiger partial charge in [0.2, 0.25) is 0 Å². The lowest BCUT2D eigenvalue weighted by atomic mass is 10.1. The highest BCUT2D eigenvalue weighted by atomic mass is 19.1.